The Bertz CT molecular complexity index is 787. The molecule has 1 fully saturated rings. The molecule has 0 N–H and O–H groups in total. The molecule has 0 saturated carbocycles. The van der Waals surface area contributed by atoms with Crippen LogP contribution in [0.3, 0.4) is 0 Å². The number of aromatic nitrogens is 1. The monoisotopic (exact) mass is 323 g/mol. The molecule has 7 nitrogen and oxygen atoms in total. The normalized spacial score (nSPS) is 14.8. The summed E-state index contributed by atoms with van der Waals surface area (Å²) in [6, 6.07) is 12.5. The summed E-state index contributed by atoms with van der Waals surface area (Å²) >= 11 is 0. The van der Waals surface area contributed by atoms with Gasteiger partial charge in [0.2, 0.25) is 0 Å². The molecule has 0 spiro atoms. The summed E-state index contributed by atoms with van der Waals surface area (Å²) in [7, 11) is 0. The van der Waals surface area contributed by atoms with E-state index in [0.717, 1.165) is 19.5 Å². The fourth-order valence-electron chi connectivity index (χ4n) is 2.99. The van der Waals surface area contributed by atoms with E-state index in [2.05, 4.69) is 16.0 Å². The van der Waals surface area contributed by atoms with Crippen molar-refractivity contribution in [1.82, 2.24) is 4.98 Å². The number of nitrogens with zero attached hydrogens (tertiary/aromatic N) is 5. The summed E-state index contributed by atoms with van der Waals surface area (Å²) in [5.74, 6) is 0.685. The Labute approximate surface area is 139 Å². The summed E-state index contributed by atoms with van der Waals surface area (Å²) in [6.45, 7) is 2.81. The molecular formula is C17H17N5O2. The smallest absolute Gasteiger partial charge is 0.292 e. The van der Waals surface area contributed by atoms with Gasteiger partial charge in [-0.05, 0) is 24.6 Å². The van der Waals surface area contributed by atoms with Gasteiger partial charge in [-0.3, -0.25) is 10.1 Å². The van der Waals surface area contributed by atoms with Crippen LogP contribution in [0.1, 0.15) is 12.0 Å². The predicted octanol–water partition coefficient (Wildman–Crippen LogP) is 2.58. The minimum Gasteiger partial charge on any atom is -0.364 e. The highest BCUT2D eigenvalue weighted by Crippen LogP contribution is 2.29. The molecule has 1 aliphatic heterocycles. The standard InChI is InChI=1S/C17H17N5O2/c18-13-14-5-3-8-19-17(14)21-10-4-9-20(11-12-21)15-6-1-2-7-16(15)22(23)24/h1-3,5-8H,4,9-12H2. The maximum Gasteiger partial charge on any atom is 0.292 e. The highest BCUT2D eigenvalue weighted by Gasteiger charge is 2.23. The molecule has 0 amide bonds. The van der Waals surface area contributed by atoms with Crippen LogP contribution in [-0.4, -0.2) is 36.1 Å². The van der Waals surface area contributed by atoms with E-state index in [1.165, 1.54) is 6.07 Å². The largest absolute Gasteiger partial charge is 0.364 e. The van der Waals surface area contributed by atoms with Crippen LogP contribution in [0.25, 0.3) is 0 Å². The van der Waals surface area contributed by atoms with Crippen LogP contribution in [0.4, 0.5) is 17.2 Å². The molecule has 0 atom stereocenters. The summed E-state index contributed by atoms with van der Waals surface area (Å²) in [4.78, 5) is 19.3. The zero-order valence-electron chi connectivity index (χ0n) is 13.1. The summed E-state index contributed by atoms with van der Waals surface area (Å²) in [5, 5.41) is 20.5. The van der Waals surface area contributed by atoms with Crippen molar-refractivity contribution in [3.8, 4) is 6.07 Å². The minimum atomic E-state index is -0.343. The van der Waals surface area contributed by atoms with Crippen LogP contribution in [0.15, 0.2) is 42.6 Å². The number of hydrogen-bond acceptors (Lipinski definition) is 6. The minimum absolute atomic E-state index is 0.126. The molecule has 122 valence electrons. The lowest BCUT2D eigenvalue weighted by Crippen LogP contribution is -2.31. The molecule has 2 aromatic rings. The first-order chi connectivity index (χ1) is 11.7. The Hall–Kier alpha value is -3.14. The van der Waals surface area contributed by atoms with Crippen LogP contribution in [0.5, 0.6) is 0 Å². The lowest BCUT2D eigenvalue weighted by atomic mass is 10.2. The summed E-state index contributed by atoms with van der Waals surface area (Å²) in [6.07, 6.45) is 2.52. The maximum absolute atomic E-state index is 11.2. The molecule has 0 bridgehead atoms. The fourth-order valence-corrected chi connectivity index (χ4v) is 2.99. The molecule has 7 heteroatoms. The molecule has 0 radical (unpaired) electrons. The van der Waals surface area contributed by atoms with Gasteiger partial charge < -0.3 is 9.80 Å². The summed E-state index contributed by atoms with van der Waals surface area (Å²) in [5.41, 5.74) is 1.32. The third-order valence-electron chi connectivity index (χ3n) is 4.12. The van der Waals surface area contributed by atoms with Gasteiger partial charge in [-0.15, -0.1) is 0 Å². The third kappa shape index (κ3) is 3.13. The molecule has 0 unspecified atom stereocenters. The van der Waals surface area contributed by atoms with Gasteiger partial charge in [0.05, 0.1) is 10.5 Å². The first-order valence-electron chi connectivity index (χ1n) is 7.79. The van der Waals surface area contributed by atoms with Crippen molar-refractivity contribution in [3.63, 3.8) is 0 Å². The van der Waals surface area contributed by atoms with Crippen molar-refractivity contribution in [3.05, 3.63) is 58.3 Å². The number of pyridine rings is 1. The average Bonchev–Trinajstić information content (AvgIpc) is 2.87. The van der Waals surface area contributed by atoms with Gasteiger partial charge in [0, 0.05) is 38.4 Å². The van der Waals surface area contributed by atoms with Gasteiger partial charge in [0.25, 0.3) is 5.69 Å². The van der Waals surface area contributed by atoms with Crippen molar-refractivity contribution in [2.24, 2.45) is 0 Å². The van der Waals surface area contributed by atoms with Crippen molar-refractivity contribution >= 4 is 17.2 Å². The summed E-state index contributed by atoms with van der Waals surface area (Å²) < 4.78 is 0. The lowest BCUT2D eigenvalue weighted by Gasteiger charge is -2.24. The zero-order valence-corrected chi connectivity index (χ0v) is 13.1. The van der Waals surface area contributed by atoms with Gasteiger partial charge in [-0.2, -0.15) is 5.26 Å². The van der Waals surface area contributed by atoms with E-state index in [1.807, 2.05) is 11.0 Å². The first-order valence-corrected chi connectivity index (χ1v) is 7.79. The number of anilines is 2. The first kappa shape index (κ1) is 15.7. The number of rotatable bonds is 3. The second kappa shape index (κ2) is 6.96. The molecule has 24 heavy (non-hydrogen) atoms. The number of nitro groups is 1. The van der Waals surface area contributed by atoms with Gasteiger partial charge in [0.1, 0.15) is 17.6 Å². The highest BCUT2D eigenvalue weighted by molar-refractivity contribution is 5.63. The Morgan fingerprint density at radius 3 is 2.62 bits per heavy atom. The van der Waals surface area contributed by atoms with Crippen LogP contribution in [-0.2, 0) is 0 Å². The fraction of sp³-hybridized carbons (Fsp3) is 0.294. The van der Waals surface area contributed by atoms with E-state index < -0.39 is 0 Å². The van der Waals surface area contributed by atoms with Gasteiger partial charge in [0.15, 0.2) is 0 Å². The highest BCUT2D eigenvalue weighted by atomic mass is 16.6. The Morgan fingerprint density at radius 2 is 1.83 bits per heavy atom. The van der Waals surface area contributed by atoms with Crippen molar-refractivity contribution < 1.29 is 4.92 Å². The van der Waals surface area contributed by atoms with Crippen LogP contribution in [0.2, 0.25) is 0 Å². The van der Waals surface area contributed by atoms with Crippen LogP contribution >= 0.6 is 0 Å². The molecule has 3 rings (SSSR count). The Morgan fingerprint density at radius 1 is 1.08 bits per heavy atom. The SMILES string of the molecule is N#Cc1cccnc1N1CCCN(c2ccccc2[N+](=O)[O-])CC1. The quantitative estimate of drug-likeness (QED) is 0.637. The third-order valence-corrected chi connectivity index (χ3v) is 4.12. The molecule has 2 heterocycles. The molecule has 1 aromatic carbocycles. The van der Waals surface area contributed by atoms with Crippen molar-refractivity contribution in [2.75, 3.05) is 36.0 Å². The number of nitro benzene ring substituents is 1. The number of benzene rings is 1. The van der Waals surface area contributed by atoms with E-state index in [9.17, 15) is 15.4 Å². The van der Waals surface area contributed by atoms with Gasteiger partial charge in [-0.1, -0.05) is 12.1 Å². The predicted molar refractivity (Wildman–Crippen MR) is 91.1 cm³/mol. The van der Waals surface area contributed by atoms with Crippen molar-refractivity contribution in [1.29, 1.82) is 5.26 Å². The Balaban J connectivity index is 1.81. The van der Waals surface area contributed by atoms with Crippen molar-refractivity contribution in [2.45, 2.75) is 6.42 Å². The van der Waals surface area contributed by atoms with E-state index >= 15 is 0 Å². The maximum atomic E-state index is 11.2. The Kier molecular flexibility index (Phi) is 4.57. The van der Waals surface area contributed by atoms with E-state index in [4.69, 9.17) is 0 Å². The second-order valence-electron chi connectivity index (χ2n) is 5.56. The molecule has 0 aliphatic carbocycles. The number of hydrogen-bond donors (Lipinski definition) is 0. The topological polar surface area (TPSA) is 86.3 Å². The van der Waals surface area contributed by atoms with E-state index in [1.54, 1.807) is 30.5 Å². The lowest BCUT2D eigenvalue weighted by molar-refractivity contribution is -0.384. The van der Waals surface area contributed by atoms with Gasteiger partial charge in [-0.25, -0.2) is 4.98 Å². The van der Waals surface area contributed by atoms with Crippen LogP contribution in [0, 0.1) is 21.4 Å². The molecule has 1 saturated heterocycles. The van der Waals surface area contributed by atoms with Crippen LogP contribution < -0.4 is 9.80 Å². The number of para-hydroxylation sites is 2. The number of nitriles is 1. The average molecular weight is 323 g/mol. The molecule has 1 aromatic heterocycles. The molecule has 1 aliphatic rings. The molecular weight excluding hydrogens is 306 g/mol. The second-order valence-corrected chi connectivity index (χ2v) is 5.56. The van der Waals surface area contributed by atoms with E-state index in [0.29, 0.717) is 30.2 Å². The van der Waals surface area contributed by atoms with Gasteiger partial charge >= 0.3 is 0 Å². The zero-order chi connectivity index (χ0) is 16.9. The van der Waals surface area contributed by atoms with E-state index in [-0.39, 0.29) is 10.6 Å².